The zero-order chi connectivity index (χ0) is 18.9. The Hall–Kier alpha value is -1.47. The van der Waals surface area contributed by atoms with Crippen molar-refractivity contribution >= 4 is 29.7 Å². The summed E-state index contributed by atoms with van der Waals surface area (Å²) < 4.78 is 23.4. The minimum atomic E-state index is -2.38. The number of aryl methyl sites for hydroxylation is 1. The summed E-state index contributed by atoms with van der Waals surface area (Å²) in [5, 5.41) is 15.1. The molecule has 5 nitrogen and oxygen atoms in total. The molecule has 1 aromatic carbocycles. The van der Waals surface area contributed by atoms with Gasteiger partial charge in [-0.25, -0.2) is 4.98 Å². The number of nitrogens with one attached hydrogen (secondary N) is 2. The van der Waals surface area contributed by atoms with E-state index in [-0.39, 0.29) is 18.8 Å². The molecule has 3 rings (SSSR count). The molecule has 3 atom stereocenters. The molecule has 1 aromatic heterocycles. The van der Waals surface area contributed by atoms with E-state index in [2.05, 4.69) is 15.6 Å². The largest absolute Gasteiger partial charge is 0.392 e. The second-order valence-electron chi connectivity index (χ2n) is 5.68. The lowest BCUT2D eigenvalue weighted by molar-refractivity contribution is -0.123. The summed E-state index contributed by atoms with van der Waals surface area (Å²) in [4.78, 5) is 17.6. The van der Waals surface area contributed by atoms with Gasteiger partial charge in [0.05, 0.1) is 34.3 Å². The molecule has 0 saturated carbocycles. The summed E-state index contributed by atoms with van der Waals surface area (Å²) in [6, 6.07) is 5.46. The van der Waals surface area contributed by atoms with Gasteiger partial charge in [0, 0.05) is 10.7 Å². The summed E-state index contributed by atoms with van der Waals surface area (Å²) in [5.41, 5.74) is 4.18. The number of aliphatic hydroxyl groups is 1. The van der Waals surface area contributed by atoms with Crippen LogP contribution in [0.25, 0.3) is 10.4 Å². The molecule has 1 amide bonds. The molecule has 24 heavy (non-hydrogen) atoms. The first kappa shape index (κ1) is 14.8. The van der Waals surface area contributed by atoms with Crippen LogP contribution < -0.4 is 10.6 Å². The first-order valence-corrected chi connectivity index (χ1v) is 8.36. The van der Waals surface area contributed by atoms with Crippen LogP contribution in [0.1, 0.15) is 34.7 Å². The lowest BCUT2D eigenvalue weighted by Crippen LogP contribution is -2.41. The average Bonchev–Trinajstić information content (AvgIpc) is 3.20. The smallest absolute Gasteiger partial charge is 0.237 e. The Morgan fingerprint density at radius 1 is 1.50 bits per heavy atom. The zero-order valence-corrected chi connectivity index (χ0v) is 14.8. The lowest BCUT2D eigenvalue weighted by atomic mass is 10.0. The average molecular weight is 371 g/mol. The topological polar surface area (TPSA) is 74.2 Å². The van der Waals surface area contributed by atoms with Crippen LogP contribution in [0.3, 0.4) is 0 Å². The Morgan fingerprint density at radius 2 is 2.25 bits per heavy atom. The third-order valence-electron chi connectivity index (χ3n) is 3.96. The maximum absolute atomic E-state index is 12.4. The predicted molar refractivity (Wildman–Crippen MR) is 98.5 cm³/mol. The third-order valence-corrected chi connectivity index (χ3v) is 4.94. The van der Waals surface area contributed by atoms with E-state index in [1.165, 1.54) is 11.3 Å². The molecule has 0 unspecified atom stereocenters. The van der Waals surface area contributed by atoms with Crippen molar-refractivity contribution in [3.05, 3.63) is 41.0 Å². The fourth-order valence-electron chi connectivity index (χ4n) is 2.65. The molecule has 2 heterocycles. The van der Waals surface area contributed by atoms with E-state index >= 15 is 0 Å². The number of aliphatic hydroxyl groups excluding tert-OH is 1. The number of benzene rings is 1. The van der Waals surface area contributed by atoms with Gasteiger partial charge in [-0.3, -0.25) is 4.79 Å². The van der Waals surface area contributed by atoms with Crippen LogP contribution in [0.15, 0.2) is 29.8 Å². The van der Waals surface area contributed by atoms with Gasteiger partial charge in [0.25, 0.3) is 0 Å². The summed E-state index contributed by atoms with van der Waals surface area (Å²) in [6.07, 6.45) is -0.303. The maximum atomic E-state index is 12.4. The molecule has 3 N–H and O–H groups in total. The van der Waals surface area contributed by atoms with Crippen molar-refractivity contribution in [2.45, 2.75) is 38.4 Å². The minimum Gasteiger partial charge on any atom is -0.392 e. The van der Waals surface area contributed by atoms with E-state index in [1.54, 1.807) is 17.6 Å². The van der Waals surface area contributed by atoms with Crippen molar-refractivity contribution in [3.63, 3.8) is 0 Å². The number of hydrogen-bond donors (Lipinski definition) is 3. The van der Waals surface area contributed by atoms with Gasteiger partial charge < -0.3 is 15.7 Å². The molecule has 7 heteroatoms. The summed E-state index contributed by atoms with van der Waals surface area (Å²) in [7, 11) is 0. The van der Waals surface area contributed by atoms with Gasteiger partial charge in [-0.1, -0.05) is 24.3 Å². The lowest BCUT2D eigenvalue weighted by Gasteiger charge is -2.18. The molecule has 130 valence electrons. The van der Waals surface area contributed by atoms with Crippen LogP contribution in [-0.4, -0.2) is 34.7 Å². The summed E-state index contributed by atoms with van der Waals surface area (Å²) >= 11 is 1.53. The fraction of sp³-hybridized carbons (Fsp3) is 0.412. The Balaban J connectivity index is 0.00000261. The van der Waals surface area contributed by atoms with Gasteiger partial charge in [0.2, 0.25) is 5.91 Å². The zero-order valence-electron chi connectivity index (χ0n) is 16.2. The number of hydrogen-bond acceptors (Lipinski definition) is 5. The molecule has 2 aromatic rings. The molecule has 1 saturated heterocycles. The molecule has 1 fully saturated rings. The van der Waals surface area contributed by atoms with Crippen molar-refractivity contribution in [2.75, 3.05) is 6.54 Å². The van der Waals surface area contributed by atoms with Gasteiger partial charge in [0.1, 0.15) is 0 Å². The van der Waals surface area contributed by atoms with E-state index < -0.39 is 30.9 Å². The molecular formula is C17H22ClN3O2S. The second kappa shape index (κ2) is 8.07. The monoisotopic (exact) mass is 370 g/mol. The Bertz CT molecular complexity index is 782. The molecule has 0 bridgehead atoms. The number of nitrogens with zero attached hydrogens (tertiary/aromatic N) is 1. The van der Waals surface area contributed by atoms with Gasteiger partial charge in [-0.15, -0.1) is 23.7 Å². The molecule has 0 spiro atoms. The number of amides is 1. The Kier molecular flexibility index (Phi) is 4.99. The van der Waals surface area contributed by atoms with E-state index in [0.717, 1.165) is 16.1 Å². The normalized spacial score (nSPS) is 23.5. The molecular weight excluding hydrogens is 346 g/mol. The third kappa shape index (κ3) is 4.13. The highest BCUT2D eigenvalue weighted by Gasteiger charge is 2.28. The summed E-state index contributed by atoms with van der Waals surface area (Å²) in [6.45, 7) is -0.123. The van der Waals surface area contributed by atoms with Crippen LogP contribution in [0, 0.1) is 6.92 Å². The SMILES string of the molecule is Cl.[2H]C([2H])([2H])[C@H](NC(=O)[C@@H]1C[C@@H](O)CN1)c1ccc(-c2scnc2C)cc1. The van der Waals surface area contributed by atoms with Gasteiger partial charge in [-0.2, -0.15) is 0 Å². The highest BCUT2D eigenvalue weighted by molar-refractivity contribution is 7.13. The number of halogens is 1. The fourth-order valence-corrected chi connectivity index (χ4v) is 3.46. The molecule has 0 radical (unpaired) electrons. The van der Waals surface area contributed by atoms with E-state index in [1.807, 2.05) is 19.1 Å². The quantitative estimate of drug-likeness (QED) is 0.772. The number of aromatic nitrogens is 1. The Labute approximate surface area is 156 Å². The van der Waals surface area contributed by atoms with Crippen LogP contribution >= 0.6 is 23.7 Å². The van der Waals surface area contributed by atoms with Gasteiger partial charge in [-0.05, 0) is 31.3 Å². The van der Waals surface area contributed by atoms with Crippen molar-refractivity contribution in [2.24, 2.45) is 0 Å². The van der Waals surface area contributed by atoms with Crippen LogP contribution in [0.2, 0.25) is 0 Å². The van der Waals surface area contributed by atoms with Crippen LogP contribution in [0.5, 0.6) is 0 Å². The Morgan fingerprint density at radius 3 is 2.79 bits per heavy atom. The molecule has 1 aliphatic rings. The number of thiazole rings is 1. The second-order valence-corrected chi connectivity index (χ2v) is 6.54. The van der Waals surface area contributed by atoms with Crippen molar-refractivity contribution in [1.82, 2.24) is 15.6 Å². The van der Waals surface area contributed by atoms with Crippen LogP contribution in [-0.2, 0) is 4.79 Å². The summed E-state index contributed by atoms with van der Waals surface area (Å²) in [5.74, 6) is -0.412. The van der Waals surface area contributed by atoms with Crippen LogP contribution in [0.4, 0.5) is 0 Å². The highest BCUT2D eigenvalue weighted by Crippen LogP contribution is 2.28. The van der Waals surface area contributed by atoms with Crippen molar-refractivity contribution < 1.29 is 14.0 Å². The van der Waals surface area contributed by atoms with E-state index in [9.17, 15) is 9.90 Å². The number of carbonyl (C=O) groups excluding carboxylic acids is 1. The molecule has 0 aliphatic carbocycles. The van der Waals surface area contributed by atoms with Gasteiger partial charge in [0.15, 0.2) is 0 Å². The van der Waals surface area contributed by atoms with E-state index in [0.29, 0.717) is 12.1 Å². The predicted octanol–water partition coefficient (Wildman–Crippen LogP) is 2.44. The highest BCUT2D eigenvalue weighted by atomic mass is 35.5. The van der Waals surface area contributed by atoms with Gasteiger partial charge >= 0.3 is 0 Å². The van der Waals surface area contributed by atoms with Crippen molar-refractivity contribution in [1.29, 1.82) is 0 Å². The standard InChI is InChI=1S/C17H21N3O2S.ClH/c1-10(20-17(22)15-7-14(21)8-18-15)12-3-5-13(6-4-12)16-11(2)19-9-23-16;/h3-6,9-10,14-15,18,21H,7-8H2,1-2H3,(H,20,22);1H/t10-,14+,15-;/m0./s1/i1D3;. The number of β-amino-alcohol motifs (C(OH)–C–C–N with tert-alkyl or cyclic N) is 1. The number of carbonyl (C=O) groups is 1. The van der Waals surface area contributed by atoms with Crippen molar-refractivity contribution in [3.8, 4) is 10.4 Å². The first-order valence-electron chi connectivity index (χ1n) is 8.98. The maximum Gasteiger partial charge on any atom is 0.237 e. The van der Waals surface area contributed by atoms with E-state index in [4.69, 9.17) is 4.11 Å². The minimum absolute atomic E-state index is 0. The number of rotatable bonds is 4. The first-order chi connectivity index (χ1) is 12.3. The molecule has 1 aliphatic heterocycles.